The zero-order valence-electron chi connectivity index (χ0n) is 15.2. The summed E-state index contributed by atoms with van der Waals surface area (Å²) < 4.78 is 9.75. The summed E-state index contributed by atoms with van der Waals surface area (Å²) in [5.74, 6) is -2.46. The lowest BCUT2D eigenvalue weighted by atomic mass is 10.1. The molecule has 1 aliphatic heterocycles. The van der Waals surface area contributed by atoms with Gasteiger partial charge in [0.2, 0.25) is 11.8 Å². The van der Waals surface area contributed by atoms with Crippen LogP contribution in [-0.4, -0.2) is 71.2 Å². The number of hydrogen-bond acceptors (Lipinski definition) is 7. The standard InChI is InChI=1S/C16H26N2O7/c1-9(19)18-8-10(20)6-12(18)14(22)17-11(15(23)24-5)7-13(21)25-16(2,3)4/h10-12,20H,6-8H2,1-5H3,(H,17,22)/t10-,11+,12+/m1/s1. The van der Waals surface area contributed by atoms with Crippen molar-refractivity contribution in [1.82, 2.24) is 10.2 Å². The van der Waals surface area contributed by atoms with Crippen molar-refractivity contribution < 1.29 is 33.8 Å². The topological polar surface area (TPSA) is 122 Å². The number of methoxy groups -OCH3 is 1. The monoisotopic (exact) mass is 358 g/mol. The van der Waals surface area contributed by atoms with E-state index < -0.39 is 48.1 Å². The molecule has 9 heteroatoms. The molecule has 142 valence electrons. The van der Waals surface area contributed by atoms with Gasteiger partial charge in [-0.3, -0.25) is 14.4 Å². The molecule has 0 bridgehead atoms. The molecule has 1 heterocycles. The third-order valence-electron chi connectivity index (χ3n) is 3.58. The number of carbonyl (C=O) groups excluding carboxylic acids is 4. The highest BCUT2D eigenvalue weighted by molar-refractivity contribution is 5.92. The largest absolute Gasteiger partial charge is 0.467 e. The van der Waals surface area contributed by atoms with Gasteiger partial charge in [0.15, 0.2) is 0 Å². The molecule has 0 radical (unpaired) electrons. The number of esters is 2. The van der Waals surface area contributed by atoms with Gasteiger partial charge in [-0.05, 0) is 20.8 Å². The minimum Gasteiger partial charge on any atom is -0.467 e. The first-order chi connectivity index (χ1) is 11.4. The van der Waals surface area contributed by atoms with Crippen molar-refractivity contribution in [2.45, 2.75) is 64.3 Å². The molecule has 1 rings (SSSR count). The van der Waals surface area contributed by atoms with Crippen LogP contribution >= 0.6 is 0 Å². The Bertz CT molecular complexity index is 541. The average molecular weight is 358 g/mol. The van der Waals surface area contributed by atoms with Crippen LogP contribution < -0.4 is 5.32 Å². The number of nitrogens with zero attached hydrogens (tertiary/aromatic N) is 1. The Kier molecular flexibility index (Phi) is 6.92. The van der Waals surface area contributed by atoms with Gasteiger partial charge < -0.3 is 24.8 Å². The molecule has 0 aromatic heterocycles. The Morgan fingerprint density at radius 1 is 1.28 bits per heavy atom. The van der Waals surface area contributed by atoms with E-state index in [9.17, 15) is 24.3 Å². The van der Waals surface area contributed by atoms with E-state index in [0.29, 0.717) is 0 Å². The number of carbonyl (C=O) groups is 4. The third kappa shape index (κ3) is 6.33. The normalized spacial score (nSPS) is 21.4. The minimum atomic E-state index is -1.24. The molecular formula is C16H26N2O7. The van der Waals surface area contributed by atoms with Crippen LogP contribution in [0.2, 0.25) is 0 Å². The maximum Gasteiger partial charge on any atom is 0.328 e. The van der Waals surface area contributed by atoms with Gasteiger partial charge in [-0.15, -0.1) is 0 Å². The summed E-state index contributed by atoms with van der Waals surface area (Å²) in [6, 6.07) is -2.14. The Hall–Kier alpha value is -2.16. The van der Waals surface area contributed by atoms with E-state index >= 15 is 0 Å². The second-order valence-electron chi connectivity index (χ2n) is 6.95. The second-order valence-corrected chi connectivity index (χ2v) is 6.95. The number of rotatable bonds is 5. The quantitative estimate of drug-likeness (QED) is 0.627. The Morgan fingerprint density at radius 2 is 1.88 bits per heavy atom. The highest BCUT2D eigenvalue weighted by atomic mass is 16.6. The van der Waals surface area contributed by atoms with E-state index in [1.54, 1.807) is 20.8 Å². The van der Waals surface area contributed by atoms with E-state index in [-0.39, 0.29) is 18.9 Å². The lowest BCUT2D eigenvalue weighted by Gasteiger charge is -2.25. The fraction of sp³-hybridized carbons (Fsp3) is 0.750. The van der Waals surface area contributed by atoms with Crippen molar-refractivity contribution in [1.29, 1.82) is 0 Å². The summed E-state index contributed by atoms with van der Waals surface area (Å²) in [4.78, 5) is 49.0. The molecule has 0 unspecified atom stereocenters. The Morgan fingerprint density at radius 3 is 2.36 bits per heavy atom. The number of amides is 2. The minimum absolute atomic E-state index is 0.0440. The zero-order valence-corrected chi connectivity index (χ0v) is 15.2. The predicted molar refractivity (Wildman–Crippen MR) is 86.2 cm³/mol. The van der Waals surface area contributed by atoms with Crippen LogP contribution in [0.25, 0.3) is 0 Å². The molecule has 1 fully saturated rings. The summed E-state index contributed by atoms with van der Waals surface area (Å²) in [6.07, 6.45) is -1.15. The first-order valence-electron chi connectivity index (χ1n) is 8.00. The maximum atomic E-state index is 12.4. The number of aliphatic hydroxyl groups excluding tert-OH is 1. The molecule has 3 atom stereocenters. The van der Waals surface area contributed by atoms with Crippen LogP contribution in [0.15, 0.2) is 0 Å². The van der Waals surface area contributed by atoms with Crippen LogP contribution in [0, 0.1) is 0 Å². The molecule has 0 aromatic rings. The first-order valence-corrected chi connectivity index (χ1v) is 8.00. The van der Waals surface area contributed by atoms with E-state index in [1.165, 1.54) is 11.8 Å². The van der Waals surface area contributed by atoms with Crippen LogP contribution in [0.4, 0.5) is 0 Å². The van der Waals surface area contributed by atoms with Gasteiger partial charge >= 0.3 is 11.9 Å². The van der Waals surface area contributed by atoms with Gasteiger partial charge in [0.25, 0.3) is 0 Å². The summed E-state index contributed by atoms with van der Waals surface area (Å²) in [6.45, 7) is 6.38. The van der Waals surface area contributed by atoms with E-state index in [0.717, 1.165) is 7.11 Å². The highest BCUT2D eigenvalue weighted by Gasteiger charge is 2.39. The van der Waals surface area contributed by atoms with Crippen molar-refractivity contribution in [3.63, 3.8) is 0 Å². The second kappa shape index (κ2) is 8.28. The number of β-amino-alcohol motifs (C(OH)–C–C–N with tert-alkyl or cyclic N) is 1. The van der Waals surface area contributed by atoms with Gasteiger partial charge in [-0.25, -0.2) is 4.79 Å². The molecule has 0 aliphatic carbocycles. The van der Waals surface area contributed by atoms with Gasteiger partial charge in [0.05, 0.1) is 19.6 Å². The van der Waals surface area contributed by atoms with Gasteiger partial charge in [-0.1, -0.05) is 0 Å². The number of likely N-dealkylation sites (tertiary alicyclic amines) is 1. The lowest BCUT2D eigenvalue weighted by Crippen LogP contribution is -2.51. The van der Waals surface area contributed by atoms with Crippen LogP contribution in [0.5, 0.6) is 0 Å². The van der Waals surface area contributed by atoms with Gasteiger partial charge in [-0.2, -0.15) is 0 Å². The number of ether oxygens (including phenoxy) is 2. The summed E-state index contributed by atoms with van der Waals surface area (Å²) >= 11 is 0. The van der Waals surface area contributed by atoms with Gasteiger partial charge in [0, 0.05) is 19.9 Å². The molecule has 1 saturated heterocycles. The Balaban J connectivity index is 2.81. The fourth-order valence-corrected chi connectivity index (χ4v) is 2.56. The van der Waals surface area contributed by atoms with Crippen LogP contribution in [0.1, 0.15) is 40.5 Å². The summed E-state index contributed by atoms with van der Waals surface area (Å²) in [5, 5.41) is 12.1. The van der Waals surface area contributed by atoms with E-state index in [4.69, 9.17) is 4.74 Å². The molecule has 1 aliphatic rings. The number of nitrogens with one attached hydrogen (secondary N) is 1. The smallest absolute Gasteiger partial charge is 0.328 e. The van der Waals surface area contributed by atoms with Crippen molar-refractivity contribution >= 4 is 23.8 Å². The van der Waals surface area contributed by atoms with E-state index in [2.05, 4.69) is 10.1 Å². The van der Waals surface area contributed by atoms with E-state index in [1.807, 2.05) is 0 Å². The van der Waals surface area contributed by atoms with Crippen molar-refractivity contribution in [3.8, 4) is 0 Å². The third-order valence-corrected chi connectivity index (χ3v) is 3.58. The number of aliphatic hydroxyl groups is 1. The molecule has 0 aromatic carbocycles. The molecule has 25 heavy (non-hydrogen) atoms. The molecule has 0 spiro atoms. The average Bonchev–Trinajstić information content (AvgIpc) is 2.86. The molecular weight excluding hydrogens is 332 g/mol. The SMILES string of the molecule is COC(=O)[C@H](CC(=O)OC(C)(C)C)NC(=O)[C@@H]1C[C@@H](O)CN1C(C)=O. The summed E-state index contributed by atoms with van der Waals surface area (Å²) in [7, 11) is 1.14. The highest BCUT2D eigenvalue weighted by Crippen LogP contribution is 2.19. The fourth-order valence-electron chi connectivity index (χ4n) is 2.56. The van der Waals surface area contributed by atoms with Crippen molar-refractivity contribution in [3.05, 3.63) is 0 Å². The Labute approximate surface area is 146 Å². The molecule has 9 nitrogen and oxygen atoms in total. The maximum absolute atomic E-state index is 12.4. The molecule has 2 N–H and O–H groups in total. The lowest BCUT2D eigenvalue weighted by molar-refractivity contribution is -0.159. The first kappa shape index (κ1) is 20.9. The van der Waals surface area contributed by atoms with Crippen molar-refractivity contribution in [2.75, 3.05) is 13.7 Å². The predicted octanol–water partition coefficient (Wildman–Crippen LogP) is -0.642. The zero-order chi connectivity index (χ0) is 19.4. The molecule has 2 amide bonds. The van der Waals surface area contributed by atoms with Gasteiger partial charge in [0.1, 0.15) is 17.7 Å². The summed E-state index contributed by atoms with van der Waals surface area (Å²) in [5.41, 5.74) is -0.733. The van der Waals surface area contributed by atoms with Crippen molar-refractivity contribution in [2.24, 2.45) is 0 Å². The number of hydrogen-bond donors (Lipinski definition) is 2. The van der Waals surface area contributed by atoms with Crippen LogP contribution in [-0.2, 0) is 28.7 Å². The van der Waals surface area contributed by atoms with Crippen LogP contribution in [0.3, 0.4) is 0 Å². The molecule has 0 saturated carbocycles.